The van der Waals surface area contributed by atoms with E-state index in [0.29, 0.717) is 0 Å². The quantitative estimate of drug-likeness (QED) is 0.273. The molecule has 4 rings (SSSR count). The monoisotopic (exact) mass is 479 g/mol. The van der Waals surface area contributed by atoms with Gasteiger partial charge in [-0.2, -0.15) is 10.2 Å². The van der Waals surface area contributed by atoms with Gasteiger partial charge < -0.3 is 19.8 Å². The summed E-state index contributed by atoms with van der Waals surface area (Å²) in [6.45, 7) is 0.138. The van der Waals surface area contributed by atoms with Crippen molar-refractivity contribution in [1.29, 1.82) is 0 Å². The van der Waals surface area contributed by atoms with Crippen LogP contribution in [0.5, 0.6) is 5.75 Å². The lowest BCUT2D eigenvalue weighted by Crippen LogP contribution is -2.26. The largest absolute Gasteiger partial charge is 0.479 e. The predicted molar refractivity (Wildman–Crippen MR) is 122 cm³/mol. The highest BCUT2D eigenvalue weighted by atomic mass is 16.6. The summed E-state index contributed by atoms with van der Waals surface area (Å²) >= 11 is 0. The Morgan fingerprint density at radius 1 is 1.11 bits per heavy atom. The molecule has 0 fully saturated rings. The van der Waals surface area contributed by atoms with Crippen molar-refractivity contribution in [2.75, 3.05) is 5.32 Å². The van der Waals surface area contributed by atoms with E-state index in [1.165, 1.54) is 41.2 Å². The average Bonchev–Trinajstić information content (AvgIpc) is 3.56. The Balaban J connectivity index is 1.39. The van der Waals surface area contributed by atoms with Crippen LogP contribution in [0.3, 0.4) is 0 Å². The van der Waals surface area contributed by atoms with Crippen LogP contribution in [-0.2, 0) is 27.2 Å². The molecule has 1 aromatic carbocycles. The van der Waals surface area contributed by atoms with E-state index in [2.05, 4.69) is 20.8 Å². The summed E-state index contributed by atoms with van der Waals surface area (Å²) in [7, 11) is 3.36. The molecule has 0 aliphatic rings. The first-order valence-corrected chi connectivity index (χ1v) is 10.4. The number of nitrogens with zero attached hydrogens (tertiary/aromatic N) is 5. The summed E-state index contributed by atoms with van der Waals surface area (Å²) in [5.41, 5.74) is 1.01. The van der Waals surface area contributed by atoms with Crippen LogP contribution in [0.4, 0.5) is 11.4 Å². The standard InChI is InChI=1S/C22H21N7O6/c1-27-12-14(10-24-27)9-23-22(31)20-16(11-25-28(20)2)26-21(30)19-8-7-15(35-19)13-34-18-6-4-3-5-17(18)29(32)33/h3-8,10-12H,9,13H2,1-2H3,(H,23,31)(H,26,30). The van der Waals surface area contributed by atoms with Crippen molar-refractivity contribution in [3.05, 3.63) is 87.9 Å². The third-order valence-corrected chi connectivity index (χ3v) is 4.93. The number of nitro benzene ring substituents is 1. The van der Waals surface area contributed by atoms with E-state index in [1.54, 1.807) is 37.2 Å². The molecule has 0 aliphatic heterocycles. The molecule has 2 N–H and O–H groups in total. The number of amides is 2. The second-order valence-corrected chi connectivity index (χ2v) is 7.47. The molecular weight excluding hydrogens is 458 g/mol. The molecule has 0 radical (unpaired) electrons. The van der Waals surface area contributed by atoms with Crippen LogP contribution in [0, 0.1) is 10.1 Å². The van der Waals surface area contributed by atoms with Gasteiger partial charge in [-0.15, -0.1) is 0 Å². The van der Waals surface area contributed by atoms with Crippen LogP contribution in [0.2, 0.25) is 0 Å². The molecule has 35 heavy (non-hydrogen) atoms. The number of rotatable bonds is 9. The SMILES string of the molecule is Cn1cc(CNC(=O)c2c(NC(=O)c3ccc(COc4ccccc4[N+](=O)[O-])o3)cnn2C)cn1. The molecule has 0 atom stereocenters. The van der Waals surface area contributed by atoms with Crippen molar-refractivity contribution in [2.24, 2.45) is 14.1 Å². The van der Waals surface area contributed by atoms with Crippen molar-refractivity contribution in [2.45, 2.75) is 13.2 Å². The molecule has 0 spiro atoms. The zero-order chi connectivity index (χ0) is 24.9. The Morgan fingerprint density at radius 3 is 2.66 bits per heavy atom. The van der Waals surface area contributed by atoms with Gasteiger partial charge in [0.15, 0.2) is 11.5 Å². The van der Waals surface area contributed by atoms with Crippen molar-refractivity contribution < 1.29 is 23.7 Å². The maximum absolute atomic E-state index is 12.7. The zero-order valence-electron chi connectivity index (χ0n) is 18.8. The van der Waals surface area contributed by atoms with Crippen molar-refractivity contribution >= 4 is 23.2 Å². The number of hydrogen-bond donors (Lipinski definition) is 2. The number of nitro groups is 1. The maximum Gasteiger partial charge on any atom is 0.310 e. The fourth-order valence-electron chi connectivity index (χ4n) is 3.27. The van der Waals surface area contributed by atoms with Gasteiger partial charge in [0.05, 0.1) is 23.0 Å². The lowest BCUT2D eigenvalue weighted by Gasteiger charge is -2.08. The smallest absolute Gasteiger partial charge is 0.310 e. The molecule has 13 heteroatoms. The van der Waals surface area contributed by atoms with E-state index in [-0.39, 0.29) is 47.5 Å². The first-order chi connectivity index (χ1) is 16.8. The number of carbonyl (C=O) groups is 2. The number of anilines is 1. The van der Waals surface area contributed by atoms with Crippen LogP contribution in [0.15, 0.2) is 59.4 Å². The van der Waals surface area contributed by atoms with E-state index in [0.717, 1.165) is 5.56 Å². The Kier molecular flexibility index (Phi) is 6.57. The fraction of sp³-hybridized carbons (Fsp3) is 0.182. The first kappa shape index (κ1) is 23.2. The summed E-state index contributed by atoms with van der Waals surface area (Å²) in [4.78, 5) is 36.0. The summed E-state index contributed by atoms with van der Waals surface area (Å²) in [5.74, 6) is -0.693. The summed E-state index contributed by atoms with van der Waals surface area (Å²) in [5, 5.41) is 24.6. The number of ether oxygens (including phenoxy) is 1. The normalized spacial score (nSPS) is 10.7. The van der Waals surface area contributed by atoms with E-state index < -0.39 is 16.7 Å². The van der Waals surface area contributed by atoms with E-state index in [9.17, 15) is 19.7 Å². The molecule has 3 heterocycles. The molecule has 13 nitrogen and oxygen atoms in total. The average molecular weight is 479 g/mol. The number of aromatic nitrogens is 4. The number of aryl methyl sites for hydroxylation is 2. The Morgan fingerprint density at radius 2 is 1.91 bits per heavy atom. The molecule has 180 valence electrons. The number of hydrogen-bond acceptors (Lipinski definition) is 8. The van der Waals surface area contributed by atoms with E-state index in [1.807, 2.05) is 0 Å². The summed E-state index contributed by atoms with van der Waals surface area (Å²) < 4.78 is 14.0. The highest BCUT2D eigenvalue weighted by Crippen LogP contribution is 2.27. The Bertz CT molecular complexity index is 1390. The molecule has 0 bridgehead atoms. The van der Waals surface area contributed by atoms with Crippen LogP contribution < -0.4 is 15.4 Å². The van der Waals surface area contributed by atoms with Gasteiger partial charge in [-0.3, -0.25) is 29.1 Å². The van der Waals surface area contributed by atoms with Crippen LogP contribution >= 0.6 is 0 Å². The number of carbonyl (C=O) groups excluding carboxylic acids is 2. The molecular formula is C22H21N7O6. The zero-order valence-corrected chi connectivity index (χ0v) is 18.8. The van der Waals surface area contributed by atoms with Crippen molar-refractivity contribution in [3.63, 3.8) is 0 Å². The van der Waals surface area contributed by atoms with Gasteiger partial charge in [0.2, 0.25) is 0 Å². The minimum Gasteiger partial charge on any atom is -0.479 e. The van der Waals surface area contributed by atoms with Crippen molar-refractivity contribution in [1.82, 2.24) is 24.9 Å². The highest BCUT2D eigenvalue weighted by Gasteiger charge is 2.21. The highest BCUT2D eigenvalue weighted by molar-refractivity contribution is 6.07. The topological polar surface area (TPSA) is 159 Å². The second-order valence-electron chi connectivity index (χ2n) is 7.47. The Labute approximate surface area is 198 Å². The molecule has 2 amide bonds. The first-order valence-electron chi connectivity index (χ1n) is 10.4. The molecule has 3 aromatic heterocycles. The third kappa shape index (κ3) is 5.35. The third-order valence-electron chi connectivity index (χ3n) is 4.93. The number of nitrogens with one attached hydrogen (secondary N) is 2. The van der Waals surface area contributed by atoms with Gasteiger partial charge in [0.25, 0.3) is 11.8 Å². The van der Waals surface area contributed by atoms with Crippen LogP contribution in [-0.4, -0.2) is 36.3 Å². The van der Waals surface area contributed by atoms with Gasteiger partial charge in [0, 0.05) is 38.5 Å². The lowest BCUT2D eigenvalue weighted by atomic mass is 10.3. The predicted octanol–water partition coefficient (Wildman–Crippen LogP) is 2.42. The van der Waals surface area contributed by atoms with Crippen LogP contribution in [0.1, 0.15) is 32.4 Å². The summed E-state index contributed by atoms with van der Waals surface area (Å²) in [6, 6.07) is 8.90. The van der Waals surface area contributed by atoms with Gasteiger partial charge in [-0.1, -0.05) is 12.1 Å². The second kappa shape index (κ2) is 9.91. The van der Waals surface area contributed by atoms with Gasteiger partial charge in [-0.25, -0.2) is 0 Å². The number of furan rings is 1. The molecule has 0 saturated carbocycles. The van der Waals surface area contributed by atoms with Gasteiger partial charge in [0.1, 0.15) is 18.1 Å². The number of para-hydroxylation sites is 2. The summed E-state index contributed by atoms with van der Waals surface area (Å²) in [6.07, 6.45) is 4.78. The minimum atomic E-state index is -0.601. The Hall–Kier alpha value is -4.94. The minimum absolute atomic E-state index is 0.0308. The molecule has 4 aromatic rings. The number of benzene rings is 1. The molecule has 0 aliphatic carbocycles. The molecule has 0 saturated heterocycles. The van der Waals surface area contributed by atoms with E-state index in [4.69, 9.17) is 9.15 Å². The fourth-order valence-corrected chi connectivity index (χ4v) is 3.27. The van der Waals surface area contributed by atoms with Gasteiger partial charge >= 0.3 is 5.69 Å². The van der Waals surface area contributed by atoms with Gasteiger partial charge in [-0.05, 0) is 18.2 Å². The van der Waals surface area contributed by atoms with E-state index >= 15 is 0 Å². The lowest BCUT2D eigenvalue weighted by molar-refractivity contribution is -0.386. The molecule has 0 unspecified atom stereocenters. The maximum atomic E-state index is 12.7. The van der Waals surface area contributed by atoms with Crippen LogP contribution in [0.25, 0.3) is 0 Å². The van der Waals surface area contributed by atoms with Crippen molar-refractivity contribution in [3.8, 4) is 5.75 Å².